The first-order valence-corrected chi connectivity index (χ1v) is 4.47. The van der Waals surface area contributed by atoms with Crippen LogP contribution in [-0.2, 0) is 4.79 Å². The summed E-state index contributed by atoms with van der Waals surface area (Å²) in [6.45, 7) is 5.41. The molecule has 0 saturated heterocycles. The van der Waals surface area contributed by atoms with Crippen molar-refractivity contribution in [2.24, 2.45) is 0 Å². The second kappa shape index (κ2) is 4.13. The molecule has 0 aliphatic rings. The minimum atomic E-state index is -0.954. The summed E-state index contributed by atoms with van der Waals surface area (Å²) in [7, 11) is 0. The van der Waals surface area contributed by atoms with Gasteiger partial charge in [0, 0.05) is 0 Å². The van der Waals surface area contributed by atoms with E-state index in [9.17, 15) is 4.79 Å². The van der Waals surface area contributed by atoms with E-state index in [2.05, 4.69) is 0 Å². The van der Waals surface area contributed by atoms with Gasteiger partial charge in [-0.15, -0.1) is 0 Å². The SMILES string of the molecule is Cc1cc(C)cc(OC(C)C(=O)O)c1. The molecule has 0 spiro atoms. The molecule has 0 aromatic heterocycles. The van der Waals surface area contributed by atoms with E-state index < -0.39 is 12.1 Å². The molecule has 1 atom stereocenters. The average molecular weight is 194 g/mol. The summed E-state index contributed by atoms with van der Waals surface area (Å²) in [6, 6.07) is 5.66. The van der Waals surface area contributed by atoms with Gasteiger partial charge in [0.25, 0.3) is 0 Å². The van der Waals surface area contributed by atoms with Gasteiger partial charge in [0.05, 0.1) is 0 Å². The lowest BCUT2D eigenvalue weighted by atomic mass is 10.1. The maximum Gasteiger partial charge on any atom is 0.344 e. The monoisotopic (exact) mass is 194 g/mol. The molecule has 1 rings (SSSR count). The largest absolute Gasteiger partial charge is 0.479 e. The van der Waals surface area contributed by atoms with E-state index in [1.807, 2.05) is 32.0 Å². The van der Waals surface area contributed by atoms with E-state index in [0.29, 0.717) is 5.75 Å². The molecule has 1 aromatic rings. The number of carbonyl (C=O) groups is 1. The van der Waals surface area contributed by atoms with Gasteiger partial charge >= 0.3 is 5.97 Å². The van der Waals surface area contributed by atoms with Crippen molar-refractivity contribution >= 4 is 5.97 Å². The number of carboxylic acid groups (broad SMARTS) is 1. The van der Waals surface area contributed by atoms with Gasteiger partial charge in [-0.1, -0.05) is 6.07 Å². The molecule has 1 N–H and O–H groups in total. The average Bonchev–Trinajstić information content (AvgIpc) is 2.01. The number of benzene rings is 1. The van der Waals surface area contributed by atoms with Gasteiger partial charge in [0.1, 0.15) is 5.75 Å². The van der Waals surface area contributed by atoms with Crippen molar-refractivity contribution in [3.05, 3.63) is 29.3 Å². The minimum absolute atomic E-state index is 0.609. The number of aliphatic carboxylic acids is 1. The molecule has 1 unspecified atom stereocenters. The Hall–Kier alpha value is -1.51. The Kier molecular flexibility index (Phi) is 3.12. The lowest BCUT2D eigenvalue weighted by molar-refractivity contribution is -0.144. The molecule has 3 heteroatoms. The predicted molar refractivity (Wildman–Crippen MR) is 53.6 cm³/mol. The fourth-order valence-corrected chi connectivity index (χ4v) is 1.26. The van der Waals surface area contributed by atoms with Crippen LogP contribution in [0.15, 0.2) is 18.2 Å². The topological polar surface area (TPSA) is 46.5 Å². The summed E-state index contributed by atoms with van der Waals surface area (Å²) < 4.78 is 5.24. The van der Waals surface area contributed by atoms with Crippen LogP contribution in [0.25, 0.3) is 0 Å². The number of aryl methyl sites for hydroxylation is 2. The Morgan fingerprint density at radius 2 is 1.79 bits per heavy atom. The molecule has 3 nitrogen and oxygen atoms in total. The lowest BCUT2D eigenvalue weighted by Gasteiger charge is -2.11. The van der Waals surface area contributed by atoms with Crippen molar-refractivity contribution in [2.45, 2.75) is 26.9 Å². The quantitative estimate of drug-likeness (QED) is 0.802. The van der Waals surface area contributed by atoms with Crippen molar-refractivity contribution in [1.29, 1.82) is 0 Å². The van der Waals surface area contributed by atoms with Crippen LogP contribution < -0.4 is 4.74 Å². The van der Waals surface area contributed by atoms with Crippen LogP contribution in [0, 0.1) is 13.8 Å². The zero-order valence-corrected chi connectivity index (χ0v) is 8.57. The molecule has 1 aromatic carbocycles. The maximum atomic E-state index is 10.5. The fourth-order valence-electron chi connectivity index (χ4n) is 1.26. The molecule has 0 aliphatic carbocycles. The van der Waals surface area contributed by atoms with Crippen LogP contribution in [0.5, 0.6) is 5.75 Å². The standard InChI is InChI=1S/C11H14O3/c1-7-4-8(2)6-10(5-7)14-9(3)11(12)13/h4-6,9H,1-3H3,(H,12,13). The highest BCUT2D eigenvalue weighted by Crippen LogP contribution is 2.17. The van der Waals surface area contributed by atoms with Gasteiger partial charge in [-0.25, -0.2) is 4.79 Å². The van der Waals surface area contributed by atoms with Crippen LogP contribution >= 0.6 is 0 Å². The fraction of sp³-hybridized carbons (Fsp3) is 0.364. The first-order valence-electron chi connectivity index (χ1n) is 4.47. The smallest absolute Gasteiger partial charge is 0.344 e. The lowest BCUT2D eigenvalue weighted by Crippen LogP contribution is -2.22. The van der Waals surface area contributed by atoms with E-state index in [-0.39, 0.29) is 0 Å². The summed E-state index contributed by atoms with van der Waals surface area (Å²) >= 11 is 0. The number of hydrogen-bond acceptors (Lipinski definition) is 2. The Labute approximate surface area is 83.3 Å². The van der Waals surface area contributed by atoms with E-state index in [1.165, 1.54) is 6.92 Å². The molecule has 0 aliphatic heterocycles. The highest BCUT2D eigenvalue weighted by atomic mass is 16.5. The molecule has 0 fully saturated rings. The van der Waals surface area contributed by atoms with Gasteiger partial charge in [-0.3, -0.25) is 0 Å². The van der Waals surface area contributed by atoms with E-state index in [1.54, 1.807) is 0 Å². The third-order valence-corrected chi connectivity index (χ3v) is 1.86. The van der Waals surface area contributed by atoms with Crippen molar-refractivity contribution in [2.75, 3.05) is 0 Å². The van der Waals surface area contributed by atoms with Crippen LogP contribution in [0.2, 0.25) is 0 Å². The molecule has 14 heavy (non-hydrogen) atoms. The van der Waals surface area contributed by atoms with Gasteiger partial charge in [-0.2, -0.15) is 0 Å². The summed E-state index contributed by atoms with van der Waals surface area (Å²) in [5.74, 6) is -0.346. The second-order valence-electron chi connectivity index (χ2n) is 3.42. The van der Waals surface area contributed by atoms with Gasteiger partial charge in [0.15, 0.2) is 6.10 Å². The third-order valence-electron chi connectivity index (χ3n) is 1.86. The first kappa shape index (κ1) is 10.6. The van der Waals surface area contributed by atoms with E-state index >= 15 is 0 Å². The van der Waals surface area contributed by atoms with Gasteiger partial charge in [-0.05, 0) is 44.0 Å². The second-order valence-corrected chi connectivity index (χ2v) is 3.42. The molecule has 0 radical (unpaired) electrons. The Morgan fingerprint density at radius 1 is 1.29 bits per heavy atom. The summed E-state index contributed by atoms with van der Waals surface area (Å²) in [6.07, 6.45) is -0.809. The zero-order valence-electron chi connectivity index (χ0n) is 8.57. The van der Waals surface area contributed by atoms with Crippen LogP contribution in [-0.4, -0.2) is 17.2 Å². The number of carboxylic acids is 1. The maximum absolute atomic E-state index is 10.5. The molecule has 0 bridgehead atoms. The minimum Gasteiger partial charge on any atom is -0.479 e. The first-order chi connectivity index (χ1) is 6.49. The molecule has 76 valence electrons. The number of rotatable bonds is 3. The highest BCUT2D eigenvalue weighted by molar-refractivity contribution is 5.72. The molecular weight excluding hydrogens is 180 g/mol. The van der Waals surface area contributed by atoms with Crippen molar-refractivity contribution < 1.29 is 14.6 Å². The normalized spacial score (nSPS) is 12.2. The molecule has 0 heterocycles. The van der Waals surface area contributed by atoms with E-state index in [4.69, 9.17) is 9.84 Å². The molecule has 0 amide bonds. The number of hydrogen-bond donors (Lipinski definition) is 1. The van der Waals surface area contributed by atoms with Crippen LogP contribution in [0.1, 0.15) is 18.1 Å². The number of ether oxygens (including phenoxy) is 1. The van der Waals surface area contributed by atoms with Crippen molar-refractivity contribution in [3.8, 4) is 5.75 Å². The highest BCUT2D eigenvalue weighted by Gasteiger charge is 2.12. The molecular formula is C11H14O3. The summed E-state index contributed by atoms with van der Waals surface area (Å²) in [5.41, 5.74) is 2.13. The van der Waals surface area contributed by atoms with Crippen molar-refractivity contribution in [1.82, 2.24) is 0 Å². The van der Waals surface area contributed by atoms with Gasteiger partial charge in [0.2, 0.25) is 0 Å². The molecule has 0 saturated carbocycles. The van der Waals surface area contributed by atoms with Gasteiger partial charge < -0.3 is 9.84 Å². The zero-order chi connectivity index (χ0) is 10.7. The third kappa shape index (κ3) is 2.76. The Balaban J connectivity index is 2.81. The summed E-state index contributed by atoms with van der Waals surface area (Å²) in [4.78, 5) is 10.5. The Morgan fingerprint density at radius 3 is 2.21 bits per heavy atom. The predicted octanol–water partition coefficient (Wildman–Crippen LogP) is 2.16. The van der Waals surface area contributed by atoms with Crippen LogP contribution in [0.3, 0.4) is 0 Å². The van der Waals surface area contributed by atoms with E-state index in [0.717, 1.165) is 11.1 Å². The van der Waals surface area contributed by atoms with Crippen LogP contribution in [0.4, 0.5) is 0 Å². The Bertz CT molecular complexity index is 324. The summed E-state index contributed by atoms with van der Waals surface area (Å²) in [5, 5.41) is 8.66. The van der Waals surface area contributed by atoms with Crippen molar-refractivity contribution in [3.63, 3.8) is 0 Å².